The molecule has 2 N–H and O–H groups in total. The summed E-state index contributed by atoms with van der Waals surface area (Å²) in [5.74, 6) is 0.945. The first kappa shape index (κ1) is 17.2. The molecule has 6 nitrogen and oxygen atoms in total. The van der Waals surface area contributed by atoms with E-state index in [0.717, 1.165) is 5.69 Å². The lowest BCUT2D eigenvalue weighted by molar-refractivity contribution is -0.116. The molecule has 0 aromatic heterocycles. The molecule has 1 atom stereocenters. The number of carbonyl (C=O) groups is 1. The van der Waals surface area contributed by atoms with Gasteiger partial charge in [0.15, 0.2) is 11.5 Å². The number of hydrogen-bond donors (Lipinski definition) is 2. The van der Waals surface area contributed by atoms with E-state index in [9.17, 15) is 4.79 Å². The van der Waals surface area contributed by atoms with Gasteiger partial charge in [0.05, 0.1) is 25.5 Å². The van der Waals surface area contributed by atoms with E-state index in [1.165, 1.54) is 0 Å². The molecule has 1 amide bonds. The van der Waals surface area contributed by atoms with Crippen LogP contribution in [0.5, 0.6) is 11.5 Å². The summed E-state index contributed by atoms with van der Waals surface area (Å²) in [6.07, 6.45) is 0. The maximum absolute atomic E-state index is 12.3. The van der Waals surface area contributed by atoms with Gasteiger partial charge in [0, 0.05) is 11.8 Å². The average Bonchev–Trinajstić information content (AvgIpc) is 2.61. The van der Waals surface area contributed by atoms with Gasteiger partial charge in [-0.05, 0) is 31.2 Å². The van der Waals surface area contributed by atoms with Gasteiger partial charge in [-0.3, -0.25) is 4.79 Å². The Labute approximate surface area is 141 Å². The minimum atomic E-state index is -0.505. The van der Waals surface area contributed by atoms with E-state index in [2.05, 4.69) is 16.7 Å². The van der Waals surface area contributed by atoms with Crippen LogP contribution in [0.3, 0.4) is 0 Å². The van der Waals surface area contributed by atoms with E-state index in [-0.39, 0.29) is 5.91 Å². The van der Waals surface area contributed by atoms with E-state index in [0.29, 0.717) is 22.7 Å². The molecular formula is C18H19N3O3. The summed E-state index contributed by atoms with van der Waals surface area (Å²) < 4.78 is 10.4. The number of ether oxygens (including phenoxy) is 2. The molecule has 0 aliphatic heterocycles. The minimum Gasteiger partial charge on any atom is -0.493 e. The third-order valence-electron chi connectivity index (χ3n) is 3.47. The Morgan fingerprint density at radius 1 is 1.12 bits per heavy atom. The second-order valence-electron chi connectivity index (χ2n) is 5.08. The standard InChI is InChI=1S/C18H19N3O3/c1-12(18(22)21-15-7-5-4-6-13(15)11-19)20-14-8-9-16(23-2)17(10-14)24-3/h4-10,12,20H,1-3H3,(H,21,22). The Kier molecular flexibility index (Phi) is 5.63. The van der Waals surface area contributed by atoms with E-state index >= 15 is 0 Å². The van der Waals surface area contributed by atoms with Crippen LogP contribution in [0, 0.1) is 11.3 Å². The lowest BCUT2D eigenvalue weighted by Crippen LogP contribution is -2.32. The van der Waals surface area contributed by atoms with Gasteiger partial charge in [-0.2, -0.15) is 5.26 Å². The highest BCUT2D eigenvalue weighted by Gasteiger charge is 2.15. The van der Waals surface area contributed by atoms with Crippen molar-refractivity contribution in [3.63, 3.8) is 0 Å². The number of para-hydroxylation sites is 1. The Morgan fingerprint density at radius 3 is 2.50 bits per heavy atom. The third kappa shape index (κ3) is 3.96. The van der Waals surface area contributed by atoms with E-state index in [1.54, 1.807) is 63.6 Å². The molecular weight excluding hydrogens is 306 g/mol. The molecule has 2 aromatic carbocycles. The van der Waals surface area contributed by atoms with Gasteiger partial charge in [-0.1, -0.05) is 12.1 Å². The summed E-state index contributed by atoms with van der Waals surface area (Å²) in [7, 11) is 3.12. The first-order valence-electron chi connectivity index (χ1n) is 7.37. The average molecular weight is 325 g/mol. The summed E-state index contributed by atoms with van der Waals surface area (Å²) in [5.41, 5.74) is 1.64. The maximum atomic E-state index is 12.3. The van der Waals surface area contributed by atoms with Crippen LogP contribution in [0.2, 0.25) is 0 Å². The van der Waals surface area contributed by atoms with Crippen molar-refractivity contribution in [3.8, 4) is 17.6 Å². The quantitative estimate of drug-likeness (QED) is 0.853. The molecule has 0 saturated carbocycles. The maximum Gasteiger partial charge on any atom is 0.246 e. The smallest absolute Gasteiger partial charge is 0.246 e. The van der Waals surface area contributed by atoms with Crippen molar-refractivity contribution in [3.05, 3.63) is 48.0 Å². The molecule has 6 heteroatoms. The molecule has 0 aliphatic carbocycles. The minimum absolute atomic E-state index is 0.243. The van der Waals surface area contributed by atoms with Crippen LogP contribution in [-0.4, -0.2) is 26.2 Å². The number of rotatable bonds is 6. The normalized spacial score (nSPS) is 11.1. The van der Waals surface area contributed by atoms with Crippen LogP contribution < -0.4 is 20.1 Å². The molecule has 0 saturated heterocycles. The van der Waals surface area contributed by atoms with Gasteiger partial charge < -0.3 is 20.1 Å². The monoisotopic (exact) mass is 325 g/mol. The number of hydrogen-bond acceptors (Lipinski definition) is 5. The van der Waals surface area contributed by atoms with E-state index in [4.69, 9.17) is 14.7 Å². The highest BCUT2D eigenvalue weighted by atomic mass is 16.5. The molecule has 2 aromatic rings. The Balaban J connectivity index is 2.08. The number of benzene rings is 2. The second-order valence-corrected chi connectivity index (χ2v) is 5.08. The first-order valence-corrected chi connectivity index (χ1v) is 7.37. The summed E-state index contributed by atoms with van der Waals surface area (Å²) in [4.78, 5) is 12.3. The van der Waals surface area contributed by atoms with Crippen molar-refractivity contribution in [1.82, 2.24) is 0 Å². The second kappa shape index (κ2) is 7.88. The zero-order valence-corrected chi connectivity index (χ0v) is 13.8. The van der Waals surface area contributed by atoms with Crippen LogP contribution in [0.25, 0.3) is 0 Å². The van der Waals surface area contributed by atoms with Crippen molar-refractivity contribution in [1.29, 1.82) is 5.26 Å². The number of anilines is 2. The highest BCUT2D eigenvalue weighted by molar-refractivity contribution is 5.97. The lowest BCUT2D eigenvalue weighted by atomic mass is 10.2. The number of amides is 1. The van der Waals surface area contributed by atoms with Gasteiger partial charge in [0.25, 0.3) is 0 Å². The Bertz CT molecular complexity index is 768. The lowest BCUT2D eigenvalue weighted by Gasteiger charge is -2.17. The topological polar surface area (TPSA) is 83.4 Å². The van der Waals surface area contributed by atoms with Crippen molar-refractivity contribution in [2.75, 3.05) is 24.9 Å². The SMILES string of the molecule is COc1ccc(NC(C)C(=O)Nc2ccccc2C#N)cc1OC. The van der Waals surface area contributed by atoms with Crippen LogP contribution in [0.4, 0.5) is 11.4 Å². The number of nitrogens with zero attached hydrogens (tertiary/aromatic N) is 1. The first-order chi connectivity index (χ1) is 11.6. The molecule has 0 fully saturated rings. The summed E-state index contributed by atoms with van der Waals surface area (Å²) in [6, 6.07) is 13.7. The van der Waals surface area contributed by atoms with Crippen molar-refractivity contribution in [2.45, 2.75) is 13.0 Å². The molecule has 0 aliphatic rings. The van der Waals surface area contributed by atoms with Crippen molar-refractivity contribution < 1.29 is 14.3 Å². The molecule has 0 radical (unpaired) electrons. The fraction of sp³-hybridized carbons (Fsp3) is 0.222. The van der Waals surface area contributed by atoms with Gasteiger partial charge in [0.2, 0.25) is 5.91 Å². The van der Waals surface area contributed by atoms with Crippen LogP contribution >= 0.6 is 0 Å². The largest absolute Gasteiger partial charge is 0.493 e. The van der Waals surface area contributed by atoms with Crippen LogP contribution in [0.15, 0.2) is 42.5 Å². The molecule has 2 rings (SSSR count). The number of carbonyl (C=O) groups excluding carboxylic acids is 1. The van der Waals surface area contributed by atoms with Crippen molar-refractivity contribution >= 4 is 17.3 Å². The van der Waals surface area contributed by atoms with Gasteiger partial charge >= 0.3 is 0 Å². The molecule has 124 valence electrons. The Morgan fingerprint density at radius 2 is 1.83 bits per heavy atom. The third-order valence-corrected chi connectivity index (χ3v) is 3.47. The summed E-state index contributed by atoms with van der Waals surface area (Å²) in [6.45, 7) is 1.74. The van der Waals surface area contributed by atoms with Crippen LogP contribution in [0.1, 0.15) is 12.5 Å². The van der Waals surface area contributed by atoms with Gasteiger partial charge in [-0.25, -0.2) is 0 Å². The summed E-state index contributed by atoms with van der Waals surface area (Å²) in [5, 5.41) is 14.9. The van der Waals surface area contributed by atoms with E-state index in [1.807, 2.05) is 0 Å². The predicted octanol–water partition coefficient (Wildman–Crippen LogP) is 3.01. The Hall–Kier alpha value is -3.20. The highest BCUT2D eigenvalue weighted by Crippen LogP contribution is 2.30. The zero-order chi connectivity index (χ0) is 17.5. The van der Waals surface area contributed by atoms with Crippen LogP contribution in [-0.2, 0) is 4.79 Å². The molecule has 24 heavy (non-hydrogen) atoms. The predicted molar refractivity (Wildman–Crippen MR) is 92.4 cm³/mol. The number of nitrogens with one attached hydrogen (secondary N) is 2. The molecule has 1 unspecified atom stereocenters. The van der Waals surface area contributed by atoms with E-state index < -0.39 is 6.04 Å². The fourth-order valence-electron chi connectivity index (χ4n) is 2.17. The van der Waals surface area contributed by atoms with Crippen molar-refractivity contribution in [2.24, 2.45) is 0 Å². The molecule has 0 heterocycles. The van der Waals surface area contributed by atoms with Gasteiger partial charge in [-0.15, -0.1) is 0 Å². The molecule has 0 bridgehead atoms. The van der Waals surface area contributed by atoms with Gasteiger partial charge in [0.1, 0.15) is 12.1 Å². The summed E-state index contributed by atoms with van der Waals surface area (Å²) >= 11 is 0. The zero-order valence-electron chi connectivity index (χ0n) is 13.8. The fourth-order valence-corrected chi connectivity index (χ4v) is 2.17. The molecule has 0 spiro atoms. The number of methoxy groups -OCH3 is 2. The number of nitriles is 1.